The summed E-state index contributed by atoms with van der Waals surface area (Å²) in [5, 5.41) is 8.43. The summed E-state index contributed by atoms with van der Waals surface area (Å²) in [6.07, 6.45) is 1.82. The maximum absolute atomic E-state index is 5.35. The molecule has 11 heavy (non-hydrogen) atoms. The van der Waals surface area contributed by atoms with Crippen LogP contribution in [0.4, 0.5) is 5.82 Å². The van der Waals surface area contributed by atoms with E-state index in [4.69, 9.17) is 5.73 Å². The molecule has 0 amide bonds. The van der Waals surface area contributed by atoms with E-state index in [1.165, 1.54) is 0 Å². The lowest BCUT2D eigenvalue weighted by Crippen LogP contribution is -1.92. The largest absolute Gasteiger partial charge is 0.382 e. The van der Waals surface area contributed by atoms with Crippen LogP contribution in [-0.2, 0) is 0 Å². The molecule has 0 radical (unpaired) electrons. The smallest absolute Gasteiger partial charge is 0.146 e. The van der Waals surface area contributed by atoms with Gasteiger partial charge in [-0.3, -0.25) is 0 Å². The highest BCUT2D eigenvalue weighted by atomic mass is 32.2. The van der Waals surface area contributed by atoms with E-state index >= 15 is 0 Å². The molecule has 0 saturated carbocycles. The Bertz CT molecular complexity index is 232. The summed E-state index contributed by atoms with van der Waals surface area (Å²) in [5.74, 6) is 1.30. The van der Waals surface area contributed by atoms with Crippen molar-refractivity contribution in [3.8, 4) is 0 Å². The second-order valence-electron chi connectivity index (χ2n) is 1.90. The molecule has 0 aromatic carbocycles. The maximum atomic E-state index is 5.35. The molecule has 0 aliphatic rings. The van der Waals surface area contributed by atoms with Crippen LogP contribution in [-0.4, -0.2) is 16.0 Å². The van der Waals surface area contributed by atoms with Crippen molar-refractivity contribution < 1.29 is 0 Å². The number of aromatic nitrogens is 2. The van der Waals surface area contributed by atoms with E-state index in [1.807, 2.05) is 12.1 Å². The highest BCUT2D eigenvalue weighted by Crippen LogP contribution is 2.13. The minimum absolute atomic E-state index is 0.452. The molecule has 0 saturated heterocycles. The second kappa shape index (κ2) is 3.98. The van der Waals surface area contributed by atoms with Crippen LogP contribution in [0.15, 0.2) is 29.8 Å². The highest BCUT2D eigenvalue weighted by molar-refractivity contribution is 7.99. The van der Waals surface area contributed by atoms with Gasteiger partial charge in [0, 0.05) is 5.75 Å². The minimum Gasteiger partial charge on any atom is -0.382 e. The molecule has 0 aliphatic carbocycles. The van der Waals surface area contributed by atoms with Crippen LogP contribution in [0.2, 0.25) is 0 Å². The van der Waals surface area contributed by atoms with Gasteiger partial charge in [-0.25, -0.2) is 0 Å². The Morgan fingerprint density at radius 3 is 2.91 bits per heavy atom. The Kier molecular flexibility index (Phi) is 2.92. The van der Waals surface area contributed by atoms with Crippen LogP contribution >= 0.6 is 11.8 Å². The molecule has 0 unspecified atom stereocenters. The number of hydrogen-bond donors (Lipinski definition) is 1. The van der Waals surface area contributed by atoms with Crippen molar-refractivity contribution in [2.75, 3.05) is 11.5 Å². The molecule has 4 heteroatoms. The molecule has 1 rings (SSSR count). The highest BCUT2D eigenvalue weighted by Gasteiger charge is 1.92. The van der Waals surface area contributed by atoms with Gasteiger partial charge in [-0.15, -0.1) is 28.5 Å². The number of nitrogens with two attached hydrogens (primary N) is 1. The van der Waals surface area contributed by atoms with Gasteiger partial charge in [0.25, 0.3) is 0 Å². The van der Waals surface area contributed by atoms with Crippen molar-refractivity contribution >= 4 is 17.6 Å². The first-order valence-corrected chi connectivity index (χ1v) is 4.14. The van der Waals surface area contributed by atoms with Gasteiger partial charge < -0.3 is 5.73 Å². The van der Waals surface area contributed by atoms with E-state index < -0.39 is 0 Å². The van der Waals surface area contributed by atoms with Crippen LogP contribution in [0, 0.1) is 0 Å². The van der Waals surface area contributed by atoms with Crippen LogP contribution in [0.1, 0.15) is 0 Å². The maximum Gasteiger partial charge on any atom is 0.146 e. The van der Waals surface area contributed by atoms with Crippen molar-refractivity contribution in [3.05, 3.63) is 24.8 Å². The molecule has 0 atom stereocenters. The molecule has 0 fully saturated rings. The summed E-state index contributed by atoms with van der Waals surface area (Å²) >= 11 is 1.58. The Labute approximate surface area is 69.7 Å². The van der Waals surface area contributed by atoms with E-state index in [-0.39, 0.29) is 0 Å². The molecule has 3 nitrogen and oxygen atoms in total. The molecule has 2 N–H and O–H groups in total. The second-order valence-corrected chi connectivity index (χ2v) is 2.94. The molecular formula is C7H9N3S. The Morgan fingerprint density at radius 2 is 2.36 bits per heavy atom. The average molecular weight is 167 g/mol. The molecule has 0 bridgehead atoms. The van der Waals surface area contributed by atoms with Gasteiger partial charge in [0.15, 0.2) is 0 Å². The third-order valence-electron chi connectivity index (χ3n) is 1.01. The fourth-order valence-electron chi connectivity index (χ4n) is 0.552. The number of nitrogens with zero attached hydrogens (tertiary/aromatic N) is 2. The number of thioether (sulfide) groups is 1. The van der Waals surface area contributed by atoms with Gasteiger partial charge in [0.05, 0.1) is 0 Å². The predicted molar refractivity (Wildman–Crippen MR) is 47.4 cm³/mol. The summed E-state index contributed by atoms with van der Waals surface area (Å²) in [7, 11) is 0. The SMILES string of the molecule is C=CCSc1ccc(N)nn1. The van der Waals surface area contributed by atoms with Gasteiger partial charge in [-0.2, -0.15) is 0 Å². The average Bonchev–Trinajstić information content (AvgIpc) is 2.04. The van der Waals surface area contributed by atoms with Gasteiger partial charge in [-0.05, 0) is 12.1 Å². The van der Waals surface area contributed by atoms with Crippen molar-refractivity contribution in [1.82, 2.24) is 10.2 Å². The Morgan fingerprint density at radius 1 is 1.55 bits per heavy atom. The van der Waals surface area contributed by atoms with Gasteiger partial charge in [0.2, 0.25) is 0 Å². The lowest BCUT2D eigenvalue weighted by atomic mass is 10.5. The monoisotopic (exact) mass is 167 g/mol. The summed E-state index contributed by atoms with van der Waals surface area (Å²) in [4.78, 5) is 0. The predicted octanol–water partition coefficient (Wildman–Crippen LogP) is 1.34. The fraction of sp³-hybridized carbons (Fsp3) is 0.143. The van der Waals surface area contributed by atoms with E-state index in [0.29, 0.717) is 5.82 Å². The zero-order chi connectivity index (χ0) is 8.10. The first-order chi connectivity index (χ1) is 5.33. The van der Waals surface area contributed by atoms with E-state index in [2.05, 4.69) is 16.8 Å². The molecular weight excluding hydrogens is 158 g/mol. The molecule has 1 aromatic heterocycles. The summed E-state index contributed by atoms with van der Waals surface area (Å²) in [6.45, 7) is 3.60. The zero-order valence-electron chi connectivity index (χ0n) is 6.03. The normalized spacial score (nSPS) is 9.45. The fourth-order valence-corrected chi connectivity index (χ4v) is 1.10. The van der Waals surface area contributed by atoms with Crippen LogP contribution < -0.4 is 5.73 Å². The summed E-state index contributed by atoms with van der Waals surface area (Å²) in [5.41, 5.74) is 5.35. The number of nitrogen functional groups attached to an aromatic ring is 1. The standard InChI is InChI=1S/C7H9N3S/c1-2-5-11-7-4-3-6(8)9-10-7/h2-4H,1,5H2,(H2,8,9). The van der Waals surface area contributed by atoms with Crippen LogP contribution in [0.25, 0.3) is 0 Å². The van der Waals surface area contributed by atoms with Gasteiger partial charge in [-0.1, -0.05) is 6.08 Å². The summed E-state index contributed by atoms with van der Waals surface area (Å²) < 4.78 is 0. The topological polar surface area (TPSA) is 51.8 Å². The summed E-state index contributed by atoms with van der Waals surface area (Å²) in [6, 6.07) is 3.58. The van der Waals surface area contributed by atoms with Crippen molar-refractivity contribution in [1.29, 1.82) is 0 Å². The first-order valence-electron chi connectivity index (χ1n) is 3.16. The van der Waals surface area contributed by atoms with Crippen molar-refractivity contribution in [2.45, 2.75) is 5.03 Å². The number of rotatable bonds is 3. The van der Waals surface area contributed by atoms with Crippen LogP contribution in [0.5, 0.6) is 0 Å². The molecule has 0 aliphatic heterocycles. The Balaban J connectivity index is 2.58. The number of anilines is 1. The van der Waals surface area contributed by atoms with Crippen LogP contribution in [0.3, 0.4) is 0 Å². The van der Waals surface area contributed by atoms with Gasteiger partial charge >= 0.3 is 0 Å². The lowest BCUT2D eigenvalue weighted by Gasteiger charge is -1.94. The quantitative estimate of drug-likeness (QED) is 0.545. The third kappa shape index (κ3) is 2.59. The molecule has 0 spiro atoms. The minimum atomic E-state index is 0.452. The first kappa shape index (κ1) is 8.07. The van der Waals surface area contributed by atoms with Gasteiger partial charge in [0.1, 0.15) is 10.8 Å². The van der Waals surface area contributed by atoms with E-state index in [9.17, 15) is 0 Å². The molecule has 58 valence electrons. The molecule has 1 aromatic rings. The third-order valence-corrected chi connectivity index (χ3v) is 1.93. The Hall–Kier alpha value is -1.03. The lowest BCUT2D eigenvalue weighted by molar-refractivity contribution is 0.940. The number of hydrogen-bond acceptors (Lipinski definition) is 4. The van der Waals surface area contributed by atoms with E-state index in [0.717, 1.165) is 10.8 Å². The molecule has 1 heterocycles. The van der Waals surface area contributed by atoms with Crippen molar-refractivity contribution in [3.63, 3.8) is 0 Å². The van der Waals surface area contributed by atoms with Crippen molar-refractivity contribution in [2.24, 2.45) is 0 Å². The zero-order valence-corrected chi connectivity index (χ0v) is 6.84. The van der Waals surface area contributed by atoms with E-state index in [1.54, 1.807) is 17.8 Å².